The average Bonchev–Trinajstić information content (AvgIpc) is 2.42. The third kappa shape index (κ3) is 85.6. The van der Waals surface area contributed by atoms with Crippen molar-refractivity contribution < 1.29 is 115 Å². The summed E-state index contributed by atoms with van der Waals surface area (Å²) in [7, 11) is -36.4. The lowest BCUT2D eigenvalue weighted by Crippen LogP contribution is -2.06. The van der Waals surface area contributed by atoms with E-state index in [0.717, 1.165) is 19.5 Å². The molecule has 26 nitrogen and oxygen atoms in total. The molecule has 256 valence electrons. The zero-order valence-electron chi connectivity index (χ0n) is 20.1. The Kier molecular flexibility index (Phi) is 26.5. The molecule has 0 aliphatic carbocycles. The molecule has 0 spiro atoms. The highest BCUT2D eigenvalue weighted by Gasteiger charge is 2.28. The molecule has 0 heterocycles. The van der Waals surface area contributed by atoms with E-state index in [9.17, 15) is 36.5 Å². The lowest BCUT2D eigenvalue weighted by Gasteiger charge is -2.03. The first-order chi connectivity index (χ1) is 17.2. The van der Waals surface area contributed by atoms with Gasteiger partial charge in [-0.15, -0.1) is 0 Å². The fraction of sp³-hybridized carbons (Fsp3) is 1.00. The minimum absolute atomic E-state index is 0.719. The van der Waals surface area contributed by atoms with Crippen molar-refractivity contribution in [2.24, 2.45) is 11.5 Å². The van der Waals surface area contributed by atoms with Crippen LogP contribution in [0.5, 0.6) is 0 Å². The molecule has 0 fully saturated rings. The summed E-state index contributed by atoms with van der Waals surface area (Å²) in [5, 5.41) is 0. The summed E-state index contributed by atoms with van der Waals surface area (Å²) >= 11 is 0. The maximum absolute atomic E-state index is 9.85. The van der Waals surface area contributed by atoms with Crippen LogP contribution < -0.4 is 11.5 Å². The highest BCUT2D eigenvalue weighted by Crippen LogP contribution is 2.53. The van der Waals surface area contributed by atoms with E-state index in [1.807, 2.05) is 0 Å². The third-order valence-electron chi connectivity index (χ3n) is 1.88. The maximum atomic E-state index is 9.85. The van der Waals surface area contributed by atoms with Gasteiger partial charge in [-0.3, -0.25) is 36.5 Å². The Bertz CT molecular complexity index is 839. The first kappa shape index (κ1) is 51.7. The van der Waals surface area contributed by atoms with Crippen molar-refractivity contribution in [3.8, 4) is 0 Å². The van der Waals surface area contributed by atoms with E-state index in [0.29, 0.717) is 0 Å². The summed E-state index contributed by atoms with van der Waals surface area (Å²) < 4.78 is 78.8. The first-order valence-corrected chi connectivity index (χ1v) is 23.4. The molecule has 34 heteroatoms. The van der Waals surface area contributed by atoms with E-state index in [4.69, 9.17) is 89.8 Å². The number of hydrogen-bond donors (Lipinski definition) is 18. The number of rotatable bonds is 10. The van der Waals surface area contributed by atoms with Crippen LogP contribution in [0.1, 0.15) is 6.42 Å². The molecule has 0 radical (unpaired) electrons. The monoisotopic (exact) mass is 778 g/mol. The second-order valence-electron chi connectivity index (χ2n) is 6.81. The molecular formula is C7H34N2O24P8. The molecule has 0 bridgehead atoms. The SMILES string of the molecule is NCCCN.O=P(O)(O)CP(=O)(O)O.O=P(O)(O)CP(=O)(O)O.O=P(O)(O)CP(=O)(O)O.O=P(O)(O)CP(=O)(O)O. The zero-order valence-corrected chi connectivity index (χ0v) is 27.3. The lowest BCUT2D eigenvalue weighted by atomic mass is 10.4. The normalized spacial score (nSPS) is 13.1. The Hall–Kier alpha value is 1.12. The van der Waals surface area contributed by atoms with Gasteiger partial charge >= 0.3 is 60.8 Å². The van der Waals surface area contributed by atoms with Gasteiger partial charge in [-0.25, -0.2) is 0 Å². The van der Waals surface area contributed by atoms with Crippen molar-refractivity contribution in [1.82, 2.24) is 0 Å². The molecule has 0 aliphatic rings. The fourth-order valence-corrected chi connectivity index (χ4v) is 8.76. The van der Waals surface area contributed by atoms with E-state index in [2.05, 4.69) is 0 Å². The van der Waals surface area contributed by atoms with Crippen molar-refractivity contribution in [2.75, 3.05) is 36.7 Å². The number of hydrogen-bond acceptors (Lipinski definition) is 10. The van der Waals surface area contributed by atoms with Crippen LogP contribution in [0.25, 0.3) is 0 Å². The van der Waals surface area contributed by atoms with Gasteiger partial charge in [0.1, 0.15) is 0 Å². The number of nitrogens with two attached hydrogens (primary N) is 2. The van der Waals surface area contributed by atoms with Gasteiger partial charge in [0, 0.05) is 0 Å². The van der Waals surface area contributed by atoms with E-state index in [1.54, 1.807) is 0 Å². The van der Waals surface area contributed by atoms with Gasteiger partial charge in [-0.2, -0.15) is 0 Å². The second-order valence-corrected chi connectivity index (χ2v) is 22.0. The molecule has 0 aliphatic heterocycles. The minimum atomic E-state index is -4.55. The van der Waals surface area contributed by atoms with Gasteiger partial charge in [-0.05, 0) is 19.5 Å². The molecule has 0 aromatic rings. The van der Waals surface area contributed by atoms with E-state index < -0.39 is 84.4 Å². The highest BCUT2D eigenvalue weighted by molar-refractivity contribution is 7.70. The van der Waals surface area contributed by atoms with E-state index in [1.165, 1.54) is 0 Å². The molecule has 0 atom stereocenters. The average molecular weight is 778 g/mol. The molecule has 0 rings (SSSR count). The molecular weight excluding hydrogens is 744 g/mol. The molecule has 0 unspecified atom stereocenters. The predicted molar refractivity (Wildman–Crippen MR) is 139 cm³/mol. The van der Waals surface area contributed by atoms with Crippen LogP contribution >= 0.6 is 60.8 Å². The van der Waals surface area contributed by atoms with Gasteiger partial charge in [0.25, 0.3) is 0 Å². The van der Waals surface area contributed by atoms with Crippen LogP contribution in [-0.2, 0) is 36.5 Å². The topological polar surface area (TPSA) is 512 Å². The Morgan fingerprint density at radius 2 is 0.390 bits per heavy atom. The summed E-state index contributed by atoms with van der Waals surface area (Å²) in [4.78, 5) is 128. The van der Waals surface area contributed by atoms with Crippen LogP contribution in [0, 0.1) is 0 Å². The zero-order chi connectivity index (χ0) is 34.9. The second kappa shape index (κ2) is 21.0. The van der Waals surface area contributed by atoms with Crippen molar-refractivity contribution >= 4 is 60.8 Å². The molecule has 0 aromatic heterocycles. The molecule has 41 heavy (non-hydrogen) atoms. The Morgan fingerprint density at radius 1 is 0.293 bits per heavy atom. The van der Waals surface area contributed by atoms with Gasteiger partial charge < -0.3 is 89.8 Å². The molecule has 20 N–H and O–H groups in total. The largest absolute Gasteiger partial charge is 0.337 e. The van der Waals surface area contributed by atoms with Gasteiger partial charge in [0.05, 0.1) is 0 Å². The molecule has 0 saturated heterocycles. The van der Waals surface area contributed by atoms with Crippen molar-refractivity contribution in [3.63, 3.8) is 0 Å². The summed E-state index contributed by atoms with van der Waals surface area (Å²) in [6.07, 6.45) is 0.944. The van der Waals surface area contributed by atoms with Crippen LogP contribution in [0.2, 0.25) is 0 Å². The minimum Gasteiger partial charge on any atom is -0.330 e. The van der Waals surface area contributed by atoms with Crippen molar-refractivity contribution in [1.29, 1.82) is 0 Å². The van der Waals surface area contributed by atoms with Gasteiger partial charge in [-0.1, -0.05) is 0 Å². The molecule has 0 aromatic carbocycles. The molecule has 0 amide bonds. The van der Waals surface area contributed by atoms with Crippen LogP contribution in [0.15, 0.2) is 0 Å². The smallest absolute Gasteiger partial charge is 0.330 e. The van der Waals surface area contributed by atoms with Crippen molar-refractivity contribution in [3.05, 3.63) is 0 Å². The Balaban J connectivity index is -0.000000133. The predicted octanol–water partition coefficient (Wildman–Crippen LogP) is -3.51. The summed E-state index contributed by atoms with van der Waals surface area (Å²) in [6, 6.07) is 0. The van der Waals surface area contributed by atoms with E-state index >= 15 is 0 Å². The van der Waals surface area contributed by atoms with Gasteiger partial charge in [0.2, 0.25) is 0 Å². The Morgan fingerprint density at radius 3 is 0.390 bits per heavy atom. The summed E-state index contributed by atoms with van der Waals surface area (Å²) in [5.41, 5.74) is 10.1. The van der Waals surface area contributed by atoms with Crippen LogP contribution in [-0.4, -0.2) is 115 Å². The van der Waals surface area contributed by atoms with E-state index in [-0.39, 0.29) is 0 Å². The first-order valence-electron chi connectivity index (χ1n) is 9.01. The van der Waals surface area contributed by atoms with Crippen LogP contribution in [0.3, 0.4) is 0 Å². The standard InChI is InChI=1S/C3H10N2.4CH6O6P2/c4-2-1-3-5;4*2-8(3,4)1-9(5,6)7/h1-5H2;4*1H2,(H2,2,3,4)(H2,5,6,7). The maximum Gasteiger partial charge on any atom is 0.337 e. The van der Waals surface area contributed by atoms with Crippen LogP contribution in [0.4, 0.5) is 0 Å². The summed E-state index contributed by atoms with van der Waals surface area (Å²) in [5.74, 6) is -5.50. The summed E-state index contributed by atoms with van der Waals surface area (Å²) in [6.45, 7) is 1.44. The quantitative estimate of drug-likeness (QED) is 0.0956. The van der Waals surface area contributed by atoms with Gasteiger partial charge in [0.15, 0.2) is 23.6 Å². The van der Waals surface area contributed by atoms with Crippen molar-refractivity contribution in [2.45, 2.75) is 6.42 Å². The fourth-order valence-electron chi connectivity index (χ4n) is 1.08. The molecule has 0 saturated carbocycles. The lowest BCUT2D eigenvalue weighted by molar-refractivity contribution is 0.352. The highest BCUT2D eigenvalue weighted by atomic mass is 31.3. The third-order valence-corrected chi connectivity index (χ3v) is 13.7. The Labute approximate surface area is 230 Å².